The molecule has 0 amide bonds. The van der Waals surface area contributed by atoms with Crippen molar-refractivity contribution in [2.45, 2.75) is 39.2 Å². The molecular formula is C15H20N4. The van der Waals surface area contributed by atoms with E-state index in [9.17, 15) is 0 Å². The van der Waals surface area contributed by atoms with Crippen LogP contribution in [0.25, 0.3) is 0 Å². The molecule has 3 rings (SSSR count). The number of hydrogen-bond acceptors (Lipinski definition) is 4. The van der Waals surface area contributed by atoms with Gasteiger partial charge in [-0.15, -0.1) is 0 Å². The maximum absolute atomic E-state index is 5.96. The first-order valence-corrected chi connectivity index (χ1v) is 6.94. The molecule has 1 saturated carbocycles. The Labute approximate surface area is 114 Å². The van der Waals surface area contributed by atoms with Crippen molar-refractivity contribution in [1.29, 1.82) is 0 Å². The minimum absolute atomic E-state index is 0.601. The summed E-state index contributed by atoms with van der Waals surface area (Å²) in [4.78, 5) is 10.8. The van der Waals surface area contributed by atoms with E-state index in [1.807, 2.05) is 13.1 Å². The van der Waals surface area contributed by atoms with Crippen molar-refractivity contribution in [2.75, 3.05) is 12.3 Å². The van der Waals surface area contributed by atoms with Crippen molar-refractivity contribution >= 4 is 5.82 Å². The number of fused-ring (bicyclic) bond motifs is 1. The monoisotopic (exact) mass is 256 g/mol. The van der Waals surface area contributed by atoms with Crippen molar-refractivity contribution in [3.63, 3.8) is 0 Å². The third-order valence-corrected chi connectivity index (χ3v) is 3.86. The fraction of sp³-hybridized carbons (Fsp3) is 0.467. The number of aromatic nitrogens is 2. The van der Waals surface area contributed by atoms with Crippen LogP contribution in [0.2, 0.25) is 0 Å². The van der Waals surface area contributed by atoms with Gasteiger partial charge in [-0.05, 0) is 43.8 Å². The highest BCUT2D eigenvalue weighted by Crippen LogP contribution is 2.31. The van der Waals surface area contributed by atoms with Crippen LogP contribution in [0.1, 0.15) is 37.1 Å². The molecule has 0 unspecified atom stereocenters. The Morgan fingerprint density at radius 1 is 1.26 bits per heavy atom. The minimum atomic E-state index is 0.601. The quantitative estimate of drug-likeness (QED) is 0.883. The largest absolute Gasteiger partial charge is 0.383 e. The number of rotatable bonds is 2. The highest BCUT2D eigenvalue weighted by Gasteiger charge is 2.17. The molecule has 0 radical (unpaired) electrons. The smallest absolute Gasteiger partial charge is 0.132 e. The summed E-state index contributed by atoms with van der Waals surface area (Å²) in [6, 6.07) is 0. The molecule has 100 valence electrons. The van der Waals surface area contributed by atoms with Crippen LogP contribution >= 0.6 is 0 Å². The molecule has 1 aliphatic carbocycles. The van der Waals surface area contributed by atoms with Gasteiger partial charge in [-0.25, -0.2) is 9.97 Å². The normalized spacial score (nSPS) is 18.7. The summed E-state index contributed by atoms with van der Waals surface area (Å²) in [7, 11) is 0. The number of anilines is 1. The molecule has 0 bridgehead atoms. The van der Waals surface area contributed by atoms with Crippen LogP contribution in [-0.4, -0.2) is 21.4 Å². The summed E-state index contributed by atoms with van der Waals surface area (Å²) in [5, 5.41) is 0. The van der Waals surface area contributed by atoms with Crippen molar-refractivity contribution in [2.24, 2.45) is 0 Å². The lowest BCUT2D eigenvalue weighted by Gasteiger charge is -2.29. The van der Waals surface area contributed by atoms with Crippen LogP contribution < -0.4 is 5.73 Å². The Bertz CT molecular complexity index is 545. The van der Waals surface area contributed by atoms with E-state index in [4.69, 9.17) is 5.73 Å². The number of aryl methyl sites for hydroxylation is 1. The number of nitrogen functional groups attached to an aromatic ring is 1. The number of nitrogens with zero attached hydrogens (tertiary/aromatic N) is 3. The molecule has 2 N–H and O–H groups in total. The van der Waals surface area contributed by atoms with Crippen LogP contribution in [0.15, 0.2) is 29.6 Å². The highest BCUT2D eigenvalue weighted by atomic mass is 15.1. The standard InChI is InChI=1S/C15H20N4/c1-11-17-8-14(15(16)18-11)10-19-7-6-12-4-2-3-5-13(12)9-19/h6,8-9H,2-5,7,10H2,1H3,(H2,16,17,18). The van der Waals surface area contributed by atoms with E-state index in [-0.39, 0.29) is 0 Å². The number of nitrogens with two attached hydrogens (primary N) is 1. The van der Waals surface area contributed by atoms with Crippen molar-refractivity contribution in [1.82, 2.24) is 14.9 Å². The predicted octanol–water partition coefficient (Wildman–Crippen LogP) is 2.57. The van der Waals surface area contributed by atoms with Gasteiger partial charge >= 0.3 is 0 Å². The van der Waals surface area contributed by atoms with Gasteiger partial charge in [-0.1, -0.05) is 6.08 Å². The molecule has 0 saturated heterocycles. The van der Waals surface area contributed by atoms with E-state index in [0.29, 0.717) is 5.82 Å². The first-order valence-electron chi connectivity index (χ1n) is 6.94. The molecule has 4 nitrogen and oxygen atoms in total. The summed E-state index contributed by atoms with van der Waals surface area (Å²) in [5.74, 6) is 1.33. The molecule has 1 aromatic heterocycles. The SMILES string of the molecule is Cc1ncc(CN2C=C3CCCCC3=CC2)c(N)n1. The molecule has 1 fully saturated rings. The first-order chi connectivity index (χ1) is 9.22. The van der Waals surface area contributed by atoms with Crippen LogP contribution in [-0.2, 0) is 6.54 Å². The minimum Gasteiger partial charge on any atom is -0.383 e. The lowest BCUT2D eigenvalue weighted by Crippen LogP contribution is -2.23. The van der Waals surface area contributed by atoms with Crippen molar-refractivity contribution in [3.8, 4) is 0 Å². The second kappa shape index (κ2) is 5.03. The zero-order chi connectivity index (χ0) is 13.2. The summed E-state index contributed by atoms with van der Waals surface area (Å²) >= 11 is 0. The van der Waals surface area contributed by atoms with Crippen molar-refractivity contribution < 1.29 is 0 Å². The van der Waals surface area contributed by atoms with Gasteiger partial charge in [0.25, 0.3) is 0 Å². The fourth-order valence-electron chi connectivity index (χ4n) is 2.80. The van der Waals surface area contributed by atoms with E-state index in [2.05, 4.69) is 27.1 Å². The predicted molar refractivity (Wildman–Crippen MR) is 76.2 cm³/mol. The summed E-state index contributed by atoms with van der Waals surface area (Å²) < 4.78 is 0. The van der Waals surface area contributed by atoms with E-state index in [1.165, 1.54) is 31.3 Å². The van der Waals surface area contributed by atoms with Gasteiger partial charge in [0.05, 0.1) is 0 Å². The number of hydrogen-bond donors (Lipinski definition) is 1. The van der Waals surface area contributed by atoms with Crippen LogP contribution in [0, 0.1) is 6.92 Å². The highest BCUT2D eigenvalue weighted by molar-refractivity contribution is 5.39. The topological polar surface area (TPSA) is 55.0 Å². The third kappa shape index (κ3) is 2.62. The zero-order valence-electron chi connectivity index (χ0n) is 11.4. The second-order valence-electron chi connectivity index (χ2n) is 5.35. The molecule has 1 aromatic rings. The Kier molecular flexibility index (Phi) is 3.23. The summed E-state index contributed by atoms with van der Waals surface area (Å²) in [5.41, 5.74) is 10.0. The lowest BCUT2D eigenvalue weighted by molar-refractivity contribution is 0.393. The zero-order valence-corrected chi connectivity index (χ0v) is 11.4. The van der Waals surface area contributed by atoms with Crippen LogP contribution in [0.3, 0.4) is 0 Å². The van der Waals surface area contributed by atoms with Crippen LogP contribution in [0.5, 0.6) is 0 Å². The molecule has 2 heterocycles. The van der Waals surface area contributed by atoms with Gasteiger partial charge in [-0.2, -0.15) is 0 Å². The summed E-state index contributed by atoms with van der Waals surface area (Å²) in [6.45, 7) is 3.62. The Balaban J connectivity index is 1.74. The van der Waals surface area contributed by atoms with Gasteiger partial charge in [-0.3, -0.25) is 0 Å². The van der Waals surface area contributed by atoms with Crippen LogP contribution in [0.4, 0.5) is 5.82 Å². The van der Waals surface area contributed by atoms with Gasteiger partial charge in [0, 0.05) is 31.0 Å². The molecule has 0 aromatic carbocycles. The Morgan fingerprint density at radius 2 is 2.05 bits per heavy atom. The van der Waals surface area contributed by atoms with Gasteiger partial charge in [0.2, 0.25) is 0 Å². The number of allylic oxidation sites excluding steroid dienone is 2. The van der Waals surface area contributed by atoms with E-state index in [0.717, 1.165) is 24.5 Å². The molecule has 2 aliphatic rings. The molecule has 19 heavy (non-hydrogen) atoms. The van der Waals surface area contributed by atoms with E-state index < -0.39 is 0 Å². The first kappa shape index (κ1) is 12.2. The molecule has 4 heteroatoms. The summed E-state index contributed by atoms with van der Waals surface area (Å²) in [6.07, 6.45) is 11.6. The molecule has 1 aliphatic heterocycles. The third-order valence-electron chi connectivity index (χ3n) is 3.86. The van der Waals surface area contributed by atoms with Gasteiger partial charge in [0.1, 0.15) is 11.6 Å². The van der Waals surface area contributed by atoms with Gasteiger partial charge in [0.15, 0.2) is 0 Å². The Hall–Kier alpha value is -1.84. The maximum Gasteiger partial charge on any atom is 0.132 e. The van der Waals surface area contributed by atoms with Crippen molar-refractivity contribution in [3.05, 3.63) is 41.0 Å². The van der Waals surface area contributed by atoms with E-state index >= 15 is 0 Å². The lowest BCUT2D eigenvalue weighted by atomic mass is 9.88. The molecule has 0 atom stereocenters. The van der Waals surface area contributed by atoms with Gasteiger partial charge < -0.3 is 10.6 Å². The molecule has 0 spiro atoms. The molecular weight excluding hydrogens is 236 g/mol. The Morgan fingerprint density at radius 3 is 2.84 bits per heavy atom. The average molecular weight is 256 g/mol. The maximum atomic E-state index is 5.96. The second-order valence-corrected chi connectivity index (χ2v) is 5.35. The average Bonchev–Trinajstić information content (AvgIpc) is 2.42. The van der Waals surface area contributed by atoms with E-state index in [1.54, 1.807) is 5.57 Å². The fourth-order valence-corrected chi connectivity index (χ4v) is 2.80.